The van der Waals surface area contributed by atoms with Crippen molar-refractivity contribution in [2.24, 2.45) is 0 Å². The van der Waals surface area contributed by atoms with Gasteiger partial charge in [-0.2, -0.15) is 0 Å². The number of sulfonamides is 1. The fourth-order valence-electron chi connectivity index (χ4n) is 2.01. The van der Waals surface area contributed by atoms with Crippen LogP contribution >= 0.6 is 0 Å². The monoisotopic (exact) mass is 350 g/mol. The first-order chi connectivity index (χ1) is 11.3. The Balaban J connectivity index is 2.30. The average molecular weight is 350 g/mol. The average Bonchev–Trinajstić information content (AvgIpc) is 2.54. The molecule has 0 radical (unpaired) electrons. The van der Waals surface area contributed by atoms with E-state index in [1.807, 2.05) is 0 Å². The van der Waals surface area contributed by atoms with Crippen LogP contribution in [0.2, 0.25) is 0 Å². The van der Waals surface area contributed by atoms with Gasteiger partial charge in [0, 0.05) is 11.6 Å². The van der Waals surface area contributed by atoms with E-state index in [4.69, 9.17) is 9.47 Å². The molecule has 0 aliphatic heterocycles. The summed E-state index contributed by atoms with van der Waals surface area (Å²) in [4.78, 5) is 12.5. The van der Waals surface area contributed by atoms with Gasteiger partial charge < -0.3 is 14.8 Å². The Morgan fingerprint density at radius 2 is 1.50 bits per heavy atom. The highest BCUT2D eigenvalue weighted by molar-refractivity contribution is 7.92. The van der Waals surface area contributed by atoms with Gasteiger partial charge in [-0.3, -0.25) is 9.52 Å². The van der Waals surface area contributed by atoms with Gasteiger partial charge >= 0.3 is 0 Å². The Morgan fingerprint density at radius 3 is 2.00 bits per heavy atom. The molecule has 7 nitrogen and oxygen atoms in total. The van der Waals surface area contributed by atoms with Gasteiger partial charge in [-0.25, -0.2) is 8.42 Å². The lowest BCUT2D eigenvalue weighted by atomic mass is 10.1. The van der Waals surface area contributed by atoms with E-state index in [0.29, 0.717) is 22.7 Å². The molecule has 0 bridgehead atoms. The van der Waals surface area contributed by atoms with Crippen molar-refractivity contribution in [3.63, 3.8) is 0 Å². The second-order valence-corrected chi connectivity index (χ2v) is 6.72. The van der Waals surface area contributed by atoms with Crippen molar-refractivity contribution in [2.75, 3.05) is 30.5 Å². The zero-order valence-electron chi connectivity index (χ0n) is 13.5. The van der Waals surface area contributed by atoms with Crippen molar-refractivity contribution in [1.29, 1.82) is 0 Å². The van der Waals surface area contributed by atoms with Gasteiger partial charge in [-0.1, -0.05) is 12.1 Å². The summed E-state index contributed by atoms with van der Waals surface area (Å²) < 4.78 is 35.5. The van der Waals surface area contributed by atoms with Gasteiger partial charge in [-0.15, -0.1) is 0 Å². The molecular weight excluding hydrogens is 332 g/mol. The number of methoxy groups -OCH3 is 2. The maximum atomic E-state index is 12.5. The van der Waals surface area contributed by atoms with E-state index < -0.39 is 15.9 Å². The molecule has 24 heavy (non-hydrogen) atoms. The fourth-order valence-corrected chi connectivity index (χ4v) is 2.59. The second kappa shape index (κ2) is 7.22. The minimum Gasteiger partial charge on any atom is -0.497 e. The van der Waals surface area contributed by atoms with Crippen LogP contribution in [0.4, 0.5) is 11.4 Å². The van der Waals surface area contributed by atoms with Gasteiger partial charge in [0.15, 0.2) is 0 Å². The van der Waals surface area contributed by atoms with Crippen LogP contribution in [0.3, 0.4) is 0 Å². The predicted octanol–water partition coefficient (Wildman–Crippen LogP) is 2.33. The van der Waals surface area contributed by atoms with Crippen LogP contribution in [0.25, 0.3) is 0 Å². The molecule has 128 valence electrons. The highest BCUT2D eigenvalue weighted by Crippen LogP contribution is 2.26. The Morgan fingerprint density at radius 1 is 0.958 bits per heavy atom. The third kappa shape index (κ3) is 4.63. The molecule has 0 saturated heterocycles. The van der Waals surface area contributed by atoms with Crippen LogP contribution in [0.5, 0.6) is 11.5 Å². The van der Waals surface area contributed by atoms with Gasteiger partial charge in [0.05, 0.1) is 31.9 Å². The van der Waals surface area contributed by atoms with Crippen LogP contribution in [0.15, 0.2) is 42.5 Å². The van der Waals surface area contributed by atoms with E-state index in [9.17, 15) is 13.2 Å². The molecule has 0 aromatic heterocycles. The fraction of sp³-hybridized carbons (Fsp3) is 0.188. The first-order valence-corrected chi connectivity index (χ1v) is 8.83. The Hall–Kier alpha value is -2.74. The summed E-state index contributed by atoms with van der Waals surface area (Å²) in [6, 6.07) is 11.3. The summed E-state index contributed by atoms with van der Waals surface area (Å²) in [5.74, 6) is 0.527. The summed E-state index contributed by atoms with van der Waals surface area (Å²) in [7, 11) is -0.487. The lowest BCUT2D eigenvalue weighted by Crippen LogP contribution is -2.16. The molecule has 0 unspecified atom stereocenters. The molecule has 2 aromatic carbocycles. The highest BCUT2D eigenvalue weighted by atomic mass is 32.2. The molecule has 2 N–H and O–H groups in total. The minimum atomic E-state index is -3.46. The van der Waals surface area contributed by atoms with E-state index >= 15 is 0 Å². The SMILES string of the molecule is COc1cc(OC)cc(C(=O)Nc2ccccc2NS(C)(=O)=O)c1. The second-order valence-electron chi connectivity index (χ2n) is 4.98. The molecule has 0 atom stereocenters. The first-order valence-electron chi connectivity index (χ1n) is 6.93. The first kappa shape index (κ1) is 17.6. The van der Waals surface area contributed by atoms with Gasteiger partial charge in [-0.05, 0) is 24.3 Å². The highest BCUT2D eigenvalue weighted by Gasteiger charge is 2.13. The largest absolute Gasteiger partial charge is 0.497 e. The topological polar surface area (TPSA) is 93.7 Å². The molecule has 0 aliphatic rings. The summed E-state index contributed by atoms with van der Waals surface area (Å²) in [5.41, 5.74) is 0.943. The van der Waals surface area contributed by atoms with Crippen molar-refractivity contribution >= 4 is 27.3 Å². The van der Waals surface area contributed by atoms with Gasteiger partial charge in [0.2, 0.25) is 10.0 Å². The third-order valence-electron chi connectivity index (χ3n) is 3.08. The summed E-state index contributed by atoms with van der Waals surface area (Å²) in [6.45, 7) is 0. The van der Waals surface area contributed by atoms with E-state index in [-0.39, 0.29) is 5.69 Å². The molecule has 0 fully saturated rings. The smallest absolute Gasteiger partial charge is 0.255 e. The number of nitrogens with one attached hydrogen (secondary N) is 2. The molecule has 2 rings (SSSR count). The number of amides is 1. The van der Waals surface area contributed by atoms with Crippen molar-refractivity contribution in [1.82, 2.24) is 0 Å². The van der Waals surface area contributed by atoms with Crippen LogP contribution in [0, 0.1) is 0 Å². The summed E-state index contributed by atoms with van der Waals surface area (Å²) in [6.07, 6.45) is 1.04. The number of rotatable bonds is 6. The van der Waals surface area contributed by atoms with Crippen LogP contribution in [0.1, 0.15) is 10.4 Å². The number of hydrogen-bond acceptors (Lipinski definition) is 5. The zero-order chi connectivity index (χ0) is 17.7. The van der Waals surface area contributed by atoms with E-state index in [2.05, 4.69) is 10.0 Å². The Bertz CT molecular complexity index is 827. The van der Waals surface area contributed by atoms with Gasteiger partial charge in [0.25, 0.3) is 5.91 Å². The number of benzene rings is 2. The third-order valence-corrected chi connectivity index (χ3v) is 3.67. The zero-order valence-corrected chi connectivity index (χ0v) is 14.3. The molecule has 2 aromatic rings. The number of hydrogen-bond donors (Lipinski definition) is 2. The summed E-state index contributed by atoms with van der Waals surface area (Å²) in [5, 5.41) is 2.68. The van der Waals surface area contributed by atoms with Crippen molar-refractivity contribution in [3.05, 3.63) is 48.0 Å². The molecule has 0 heterocycles. The molecule has 8 heteroatoms. The lowest BCUT2D eigenvalue weighted by molar-refractivity contribution is 0.102. The normalized spacial score (nSPS) is 10.8. The lowest BCUT2D eigenvalue weighted by Gasteiger charge is -2.13. The van der Waals surface area contributed by atoms with E-state index in [1.54, 1.807) is 42.5 Å². The summed E-state index contributed by atoms with van der Waals surface area (Å²) >= 11 is 0. The molecule has 1 amide bonds. The van der Waals surface area contributed by atoms with Crippen LogP contribution < -0.4 is 19.5 Å². The van der Waals surface area contributed by atoms with Crippen molar-refractivity contribution < 1.29 is 22.7 Å². The van der Waals surface area contributed by atoms with Gasteiger partial charge in [0.1, 0.15) is 11.5 Å². The number of carbonyl (C=O) groups excluding carboxylic acids is 1. The van der Waals surface area contributed by atoms with Crippen LogP contribution in [-0.2, 0) is 10.0 Å². The number of carbonyl (C=O) groups is 1. The molecule has 0 spiro atoms. The van der Waals surface area contributed by atoms with Crippen molar-refractivity contribution in [3.8, 4) is 11.5 Å². The number of ether oxygens (including phenoxy) is 2. The Kier molecular flexibility index (Phi) is 5.30. The number of para-hydroxylation sites is 2. The standard InChI is InChI=1S/C16H18N2O5S/c1-22-12-8-11(9-13(10-12)23-2)16(19)17-14-6-4-5-7-15(14)18-24(3,20)21/h4-10,18H,1-3H3,(H,17,19). The van der Waals surface area contributed by atoms with E-state index in [0.717, 1.165) is 6.26 Å². The molecule has 0 saturated carbocycles. The maximum absolute atomic E-state index is 12.5. The quantitative estimate of drug-likeness (QED) is 0.834. The van der Waals surface area contributed by atoms with E-state index in [1.165, 1.54) is 14.2 Å². The minimum absolute atomic E-state index is 0.281. The molecular formula is C16H18N2O5S. The molecule has 0 aliphatic carbocycles. The van der Waals surface area contributed by atoms with Crippen LogP contribution in [-0.4, -0.2) is 34.8 Å². The maximum Gasteiger partial charge on any atom is 0.255 e. The predicted molar refractivity (Wildman–Crippen MR) is 92.4 cm³/mol. The van der Waals surface area contributed by atoms with Crippen molar-refractivity contribution in [2.45, 2.75) is 0 Å². The number of anilines is 2. The Labute approximate surface area is 140 Å².